The van der Waals surface area contributed by atoms with Crippen LogP contribution in [0, 0.1) is 0 Å². The number of carbonyl (C=O) groups is 2. The minimum absolute atomic E-state index is 0.0164. The predicted molar refractivity (Wildman–Crippen MR) is 96.3 cm³/mol. The fourth-order valence-corrected chi connectivity index (χ4v) is 3.16. The van der Waals surface area contributed by atoms with Crippen LogP contribution in [0.1, 0.15) is 32.1 Å². The van der Waals surface area contributed by atoms with Gasteiger partial charge in [-0.2, -0.15) is 0 Å². The Labute approximate surface area is 154 Å². The summed E-state index contributed by atoms with van der Waals surface area (Å²) < 4.78 is 36.1. The van der Waals surface area contributed by atoms with E-state index in [1.807, 2.05) is 0 Å². The Bertz CT molecular complexity index is 673. The first-order valence-electron chi connectivity index (χ1n) is 8.36. The molecule has 0 saturated heterocycles. The molecule has 1 amide bonds. The molecule has 0 aliphatic carbocycles. The van der Waals surface area contributed by atoms with Crippen molar-refractivity contribution in [1.29, 1.82) is 0 Å². The molecule has 0 aliphatic heterocycles. The van der Waals surface area contributed by atoms with Gasteiger partial charge in [-0.3, -0.25) is 9.59 Å². The summed E-state index contributed by atoms with van der Waals surface area (Å²) >= 11 is 0. The number of carbonyl (C=O) groups excluding carboxylic acids is 2. The van der Waals surface area contributed by atoms with Crippen molar-refractivity contribution < 1.29 is 27.5 Å². The number of unbranched alkanes of at least 4 members (excludes halogenated alkanes) is 2. The third kappa shape index (κ3) is 8.30. The number of nitrogens with one attached hydrogen (secondary N) is 2. The van der Waals surface area contributed by atoms with Crippen LogP contribution in [0.3, 0.4) is 0 Å². The largest absolute Gasteiger partial charge is 0.497 e. The predicted octanol–water partition coefficient (Wildman–Crippen LogP) is 1.21. The number of methoxy groups -OCH3 is 2. The maximum absolute atomic E-state index is 12.1. The van der Waals surface area contributed by atoms with Gasteiger partial charge in [0.2, 0.25) is 15.9 Å². The molecular formula is C17H26N2O6S. The summed E-state index contributed by atoms with van der Waals surface area (Å²) in [6.45, 7) is 0.508. The van der Waals surface area contributed by atoms with Crippen LogP contribution in [0.15, 0.2) is 29.2 Å². The lowest BCUT2D eigenvalue weighted by Crippen LogP contribution is -2.31. The quantitative estimate of drug-likeness (QED) is 0.413. The van der Waals surface area contributed by atoms with Crippen LogP contribution in [-0.4, -0.2) is 47.6 Å². The Kier molecular flexibility index (Phi) is 9.67. The molecule has 8 nitrogen and oxygen atoms in total. The molecule has 0 saturated carbocycles. The summed E-state index contributed by atoms with van der Waals surface area (Å²) in [4.78, 5) is 22.7. The number of benzene rings is 1. The van der Waals surface area contributed by atoms with E-state index in [4.69, 9.17) is 4.74 Å². The summed E-state index contributed by atoms with van der Waals surface area (Å²) in [7, 11) is -0.801. The summed E-state index contributed by atoms with van der Waals surface area (Å²) in [5.74, 6) is 0.100. The molecule has 146 valence electrons. The molecule has 0 atom stereocenters. The lowest BCUT2D eigenvalue weighted by atomic mass is 10.2. The van der Waals surface area contributed by atoms with Gasteiger partial charge >= 0.3 is 5.97 Å². The summed E-state index contributed by atoms with van der Waals surface area (Å²) in [6, 6.07) is 5.99. The van der Waals surface area contributed by atoms with E-state index in [1.54, 1.807) is 12.1 Å². The van der Waals surface area contributed by atoms with Crippen molar-refractivity contribution in [1.82, 2.24) is 10.0 Å². The lowest BCUT2D eigenvalue weighted by molar-refractivity contribution is -0.140. The second kappa shape index (κ2) is 11.5. The number of sulfonamides is 1. The smallest absolute Gasteiger partial charge is 0.305 e. The Morgan fingerprint density at radius 1 is 0.962 bits per heavy atom. The number of amides is 1. The van der Waals surface area contributed by atoms with Crippen LogP contribution >= 0.6 is 0 Å². The Morgan fingerprint density at radius 2 is 1.65 bits per heavy atom. The number of esters is 1. The van der Waals surface area contributed by atoms with Crippen LogP contribution in [0.25, 0.3) is 0 Å². The fourth-order valence-electron chi connectivity index (χ4n) is 2.13. The van der Waals surface area contributed by atoms with E-state index in [0.29, 0.717) is 25.1 Å². The molecular weight excluding hydrogens is 360 g/mol. The van der Waals surface area contributed by atoms with Gasteiger partial charge in [0.1, 0.15) is 5.75 Å². The average molecular weight is 386 g/mol. The van der Waals surface area contributed by atoms with Gasteiger partial charge in [0.05, 0.1) is 19.1 Å². The highest BCUT2D eigenvalue weighted by molar-refractivity contribution is 7.89. The molecule has 0 bridgehead atoms. The van der Waals surface area contributed by atoms with E-state index in [2.05, 4.69) is 14.8 Å². The van der Waals surface area contributed by atoms with Crippen molar-refractivity contribution in [2.24, 2.45) is 0 Å². The van der Waals surface area contributed by atoms with E-state index in [-0.39, 0.29) is 29.7 Å². The molecule has 26 heavy (non-hydrogen) atoms. The molecule has 0 unspecified atom stereocenters. The first-order valence-corrected chi connectivity index (χ1v) is 9.84. The highest BCUT2D eigenvalue weighted by atomic mass is 32.2. The number of hydrogen-bond donors (Lipinski definition) is 2. The molecule has 1 rings (SSSR count). The molecule has 9 heteroatoms. The first kappa shape index (κ1) is 21.9. The molecule has 0 heterocycles. The van der Waals surface area contributed by atoms with Crippen LogP contribution < -0.4 is 14.8 Å². The van der Waals surface area contributed by atoms with Gasteiger partial charge in [-0.25, -0.2) is 13.1 Å². The maximum atomic E-state index is 12.1. The standard InChI is InChI=1S/C17H26N2O6S/c1-24-14-7-9-15(10-8-14)26(22,23)19-13-11-16(20)18-12-5-3-4-6-17(21)25-2/h7-10,19H,3-6,11-13H2,1-2H3,(H,18,20). The molecule has 0 radical (unpaired) electrons. The van der Waals surface area contributed by atoms with E-state index < -0.39 is 10.0 Å². The molecule has 0 fully saturated rings. The van der Waals surface area contributed by atoms with Crippen LogP contribution in [0.4, 0.5) is 0 Å². The molecule has 0 aromatic heterocycles. The zero-order valence-electron chi connectivity index (χ0n) is 15.1. The first-order chi connectivity index (χ1) is 12.4. The minimum atomic E-state index is -3.65. The van der Waals surface area contributed by atoms with Crippen LogP contribution in [-0.2, 0) is 24.3 Å². The Morgan fingerprint density at radius 3 is 2.27 bits per heavy atom. The third-order valence-electron chi connectivity index (χ3n) is 3.62. The normalized spacial score (nSPS) is 11.0. The number of rotatable bonds is 12. The van der Waals surface area contributed by atoms with Crippen molar-refractivity contribution in [3.05, 3.63) is 24.3 Å². The number of ether oxygens (including phenoxy) is 2. The second-order valence-corrected chi connectivity index (χ2v) is 7.33. The van der Waals surface area contributed by atoms with Crippen molar-refractivity contribution in [2.75, 3.05) is 27.3 Å². The Balaban J connectivity index is 2.21. The van der Waals surface area contributed by atoms with E-state index in [9.17, 15) is 18.0 Å². The van der Waals surface area contributed by atoms with Gasteiger partial charge in [0.25, 0.3) is 0 Å². The second-order valence-electron chi connectivity index (χ2n) is 5.56. The van der Waals surface area contributed by atoms with E-state index in [0.717, 1.165) is 12.8 Å². The molecule has 2 N–H and O–H groups in total. The van der Waals surface area contributed by atoms with Gasteiger partial charge < -0.3 is 14.8 Å². The average Bonchev–Trinajstić information content (AvgIpc) is 2.64. The van der Waals surface area contributed by atoms with E-state index in [1.165, 1.54) is 26.4 Å². The summed E-state index contributed by atoms with van der Waals surface area (Å²) in [5.41, 5.74) is 0. The van der Waals surface area contributed by atoms with Gasteiger partial charge in [-0.15, -0.1) is 0 Å². The molecule has 0 spiro atoms. The maximum Gasteiger partial charge on any atom is 0.305 e. The fraction of sp³-hybridized carbons (Fsp3) is 0.529. The van der Waals surface area contributed by atoms with Crippen molar-refractivity contribution in [3.8, 4) is 5.75 Å². The van der Waals surface area contributed by atoms with Crippen LogP contribution in [0.2, 0.25) is 0 Å². The monoisotopic (exact) mass is 386 g/mol. The highest BCUT2D eigenvalue weighted by Gasteiger charge is 2.14. The van der Waals surface area contributed by atoms with Crippen molar-refractivity contribution in [2.45, 2.75) is 37.0 Å². The number of hydrogen-bond acceptors (Lipinski definition) is 6. The van der Waals surface area contributed by atoms with Crippen LogP contribution in [0.5, 0.6) is 5.75 Å². The van der Waals surface area contributed by atoms with Crippen molar-refractivity contribution >= 4 is 21.9 Å². The minimum Gasteiger partial charge on any atom is -0.497 e. The topological polar surface area (TPSA) is 111 Å². The molecule has 0 aliphatic rings. The zero-order valence-corrected chi connectivity index (χ0v) is 15.9. The highest BCUT2D eigenvalue weighted by Crippen LogP contribution is 2.15. The summed E-state index contributed by atoms with van der Waals surface area (Å²) in [5, 5.41) is 2.72. The lowest BCUT2D eigenvalue weighted by Gasteiger charge is -2.08. The van der Waals surface area contributed by atoms with Gasteiger partial charge in [0, 0.05) is 25.9 Å². The molecule has 1 aromatic carbocycles. The molecule has 1 aromatic rings. The SMILES string of the molecule is COC(=O)CCCCCNC(=O)CCNS(=O)(=O)c1ccc(OC)cc1. The van der Waals surface area contributed by atoms with Gasteiger partial charge in [-0.05, 0) is 37.1 Å². The van der Waals surface area contributed by atoms with Crippen molar-refractivity contribution in [3.63, 3.8) is 0 Å². The van der Waals surface area contributed by atoms with Gasteiger partial charge in [0.15, 0.2) is 0 Å². The summed E-state index contributed by atoms with van der Waals surface area (Å²) in [6.07, 6.45) is 2.69. The Hall–Kier alpha value is -2.13. The zero-order chi connectivity index (χ0) is 19.4. The third-order valence-corrected chi connectivity index (χ3v) is 5.10. The van der Waals surface area contributed by atoms with Gasteiger partial charge in [-0.1, -0.05) is 6.42 Å². The van der Waals surface area contributed by atoms with E-state index >= 15 is 0 Å².